The number of phenols is 1. The Morgan fingerprint density at radius 2 is 2.13 bits per heavy atom. The smallest absolute Gasteiger partial charge is 0.337 e. The molecule has 8 heteroatoms. The molecule has 0 atom stereocenters. The number of esters is 1. The molecule has 0 saturated carbocycles. The molecular formula is C15H11BrN2O5. The number of aliphatic imine (C=N–C) groups is 1. The van der Waals surface area contributed by atoms with E-state index < -0.39 is 22.3 Å². The molecule has 0 aromatic heterocycles. The highest BCUT2D eigenvalue weighted by molar-refractivity contribution is 9.10. The Morgan fingerprint density at radius 1 is 1.39 bits per heavy atom. The molecule has 1 N–H and O–H groups in total. The fourth-order valence-electron chi connectivity index (χ4n) is 1.82. The van der Waals surface area contributed by atoms with Gasteiger partial charge in [-0.3, -0.25) is 15.1 Å². The number of nitro groups is 1. The second kappa shape index (κ2) is 7.01. The number of hydrogen-bond donors (Lipinski definition) is 1. The first kappa shape index (κ1) is 16.6. The predicted octanol–water partition coefficient (Wildman–Crippen LogP) is 3.60. The van der Waals surface area contributed by atoms with Crippen molar-refractivity contribution < 1.29 is 19.6 Å². The number of ether oxygens (including phenoxy) is 1. The molecule has 0 unspecified atom stereocenters. The van der Waals surface area contributed by atoms with Crippen LogP contribution in [0.15, 0.2) is 45.9 Å². The molecule has 23 heavy (non-hydrogen) atoms. The molecular weight excluding hydrogens is 368 g/mol. The number of benzene rings is 2. The van der Waals surface area contributed by atoms with Crippen molar-refractivity contribution in [2.24, 2.45) is 4.99 Å². The summed E-state index contributed by atoms with van der Waals surface area (Å²) in [5.41, 5.74) is 0.514. The summed E-state index contributed by atoms with van der Waals surface area (Å²) in [7, 11) is 1.27. The molecule has 0 amide bonds. The van der Waals surface area contributed by atoms with Crippen LogP contribution in [0.4, 0.5) is 11.4 Å². The predicted molar refractivity (Wildman–Crippen MR) is 87.5 cm³/mol. The van der Waals surface area contributed by atoms with Crippen LogP contribution in [0.5, 0.6) is 5.75 Å². The van der Waals surface area contributed by atoms with Crippen molar-refractivity contribution in [2.45, 2.75) is 0 Å². The minimum absolute atomic E-state index is 0.176. The molecule has 2 rings (SSSR count). The molecule has 2 aromatic carbocycles. The number of phenolic OH excluding ortho intramolecular Hbond substituents is 1. The van der Waals surface area contributed by atoms with Crippen molar-refractivity contribution in [2.75, 3.05) is 7.11 Å². The normalized spacial score (nSPS) is 10.7. The van der Waals surface area contributed by atoms with Gasteiger partial charge in [-0.15, -0.1) is 0 Å². The topological polar surface area (TPSA) is 102 Å². The summed E-state index contributed by atoms with van der Waals surface area (Å²) >= 11 is 3.14. The van der Waals surface area contributed by atoms with Gasteiger partial charge in [0.15, 0.2) is 0 Å². The van der Waals surface area contributed by atoms with Gasteiger partial charge in [-0.25, -0.2) is 4.79 Å². The molecule has 2 aromatic rings. The zero-order valence-corrected chi connectivity index (χ0v) is 13.5. The molecule has 0 spiro atoms. The summed E-state index contributed by atoms with van der Waals surface area (Å²) in [4.78, 5) is 25.8. The Kier molecular flexibility index (Phi) is 5.07. The van der Waals surface area contributed by atoms with Gasteiger partial charge >= 0.3 is 11.7 Å². The van der Waals surface area contributed by atoms with Crippen molar-refractivity contribution in [3.63, 3.8) is 0 Å². The number of aromatic hydroxyl groups is 1. The van der Waals surface area contributed by atoms with Crippen LogP contribution in [0.2, 0.25) is 0 Å². The standard InChI is InChI=1S/C15H11BrN2O5/c1-23-15(20)9-3-2-4-12(6-9)17-8-10-5-11(16)7-13(14(10)19)18(21)22/h2-8,19H,1H3. The van der Waals surface area contributed by atoms with E-state index in [-0.39, 0.29) is 5.56 Å². The maximum absolute atomic E-state index is 11.5. The van der Waals surface area contributed by atoms with Crippen LogP contribution in [-0.4, -0.2) is 29.3 Å². The van der Waals surface area contributed by atoms with E-state index in [0.717, 1.165) is 0 Å². The third-order valence-corrected chi connectivity index (χ3v) is 3.36. The summed E-state index contributed by atoms with van der Waals surface area (Å²) in [6.45, 7) is 0. The van der Waals surface area contributed by atoms with Crippen LogP contribution in [0, 0.1) is 10.1 Å². The van der Waals surface area contributed by atoms with Gasteiger partial charge in [0.25, 0.3) is 0 Å². The van der Waals surface area contributed by atoms with Gasteiger partial charge in [0.05, 0.1) is 23.3 Å². The Morgan fingerprint density at radius 3 is 2.78 bits per heavy atom. The van der Waals surface area contributed by atoms with E-state index >= 15 is 0 Å². The van der Waals surface area contributed by atoms with Gasteiger partial charge in [0.2, 0.25) is 5.75 Å². The fraction of sp³-hybridized carbons (Fsp3) is 0.0667. The maximum Gasteiger partial charge on any atom is 0.337 e. The highest BCUT2D eigenvalue weighted by atomic mass is 79.9. The fourth-order valence-corrected chi connectivity index (χ4v) is 2.28. The van der Waals surface area contributed by atoms with Crippen LogP contribution in [-0.2, 0) is 4.74 Å². The molecule has 0 saturated heterocycles. The monoisotopic (exact) mass is 378 g/mol. The molecule has 7 nitrogen and oxygen atoms in total. The summed E-state index contributed by atoms with van der Waals surface area (Å²) < 4.78 is 5.06. The van der Waals surface area contributed by atoms with Gasteiger partial charge < -0.3 is 9.84 Å². The minimum Gasteiger partial charge on any atom is -0.502 e. The van der Waals surface area contributed by atoms with Crippen LogP contribution in [0.1, 0.15) is 15.9 Å². The second-order valence-corrected chi connectivity index (χ2v) is 5.34. The first-order valence-electron chi connectivity index (χ1n) is 6.31. The number of carbonyl (C=O) groups is 1. The number of halogens is 1. The molecule has 0 aliphatic rings. The molecule has 118 valence electrons. The average Bonchev–Trinajstić information content (AvgIpc) is 2.54. The third kappa shape index (κ3) is 3.92. The summed E-state index contributed by atoms with van der Waals surface area (Å²) in [5, 5.41) is 20.8. The van der Waals surface area contributed by atoms with Gasteiger partial charge in [-0.1, -0.05) is 22.0 Å². The number of nitro benzene ring substituents is 1. The molecule has 0 fully saturated rings. The van der Waals surface area contributed by atoms with E-state index in [9.17, 15) is 20.0 Å². The molecule has 0 bridgehead atoms. The minimum atomic E-state index is -0.685. The first-order valence-corrected chi connectivity index (χ1v) is 7.11. The highest BCUT2D eigenvalue weighted by Gasteiger charge is 2.17. The lowest BCUT2D eigenvalue weighted by molar-refractivity contribution is -0.385. The van der Waals surface area contributed by atoms with Crippen LogP contribution in [0.3, 0.4) is 0 Å². The zero-order chi connectivity index (χ0) is 17.0. The Bertz CT molecular complexity index is 804. The quantitative estimate of drug-likeness (QED) is 0.379. The van der Waals surface area contributed by atoms with E-state index in [1.807, 2.05) is 0 Å². The maximum atomic E-state index is 11.5. The first-order chi connectivity index (χ1) is 10.9. The largest absolute Gasteiger partial charge is 0.502 e. The van der Waals surface area contributed by atoms with Gasteiger partial charge in [0.1, 0.15) is 0 Å². The summed E-state index contributed by atoms with van der Waals surface area (Å²) in [6.07, 6.45) is 1.28. The summed E-state index contributed by atoms with van der Waals surface area (Å²) in [5.74, 6) is -0.978. The van der Waals surface area contributed by atoms with E-state index in [2.05, 4.69) is 25.7 Å². The average molecular weight is 379 g/mol. The number of hydrogen-bond acceptors (Lipinski definition) is 6. The van der Waals surface area contributed by atoms with Crippen molar-refractivity contribution in [1.29, 1.82) is 0 Å². The van der Waals surface area contributed by atoms with Crippen LogP contribution < -0.4 is 0 Å². The van der Waals surface area contributed by atoms with E-state index in [0.29, 0.717) is 15.7 Å². The number of rotatable bonds is 4. The van der Waals surface area contributed by atoms with Gasteiger partial charge in [-0.2, -0.15) is 0 Å². The molecule has 0 aliphatic heterocycles. The van der Waals surface area contributed by atoms with Gasteiger partial charge in [-0.05, 0) is 24.3 Å². The lowest BCUT2D eigenvalue weighted by atomic mass is 10.2. The number of carbonyl (C=O) groups excluding carboxylic acids is 1. The second-order valence-electron chi connectivity index (χ2n) is 4.42. The van der Waals surface area contributed by atoms with E-state index in [1.54, 1.807) is 18.2 Å². The highest BCUT2D eigenvalue weighted by Crippen LogP contribution is 2.32. The van der Waals surface area contributed by atoms with Crippen LogP contribution >= 0.6 is 15.9 Å². The molecule has 0 aliphatic carbocycles. The lowest BCUT2D eigenvalue weighted by Crippen LogP contribution is -2.00. The number of nitrogens with zero attached hydrogens (tertiary/aromatic N) is 2. The Hall–Kier alpha value is -2.74. The van der Waals surface area contributed by atoms with Crippen molar-refractivity contribution >= 4 is 39.5 Å². The Balaban J connectivity index is 2.38. The van der Waals surface area contributed by atoms with Crippen molar-refractivity contribution in [1.82, 2.24) is 0 Å². The zero-order valence-electron chi connectivity index (χ0n) is 11.9. The van der Waals surface area contributed by atoms with Crippen molar-refractivity contribution in [3.05, 3.63) is 62.1 Å². The SMILES string of the molecule is COC(=O)c1cccc(N=Cc2cc(Br)cc([N+](=O)[O-])c2O)c1. The lowest BCUT2D eigenvalue weighted by Gasteiger charge is -2.02. The van der Waals surface area contributed by atoms with Gasteiger partial charge in [0, 0.05) is 22.3 Å². The van der Waals surface area contributed by atoms with E-state index in [1.165, 1.54) is 31.5 Å². The number of methoxy groups -OCH3 is 1. The molecule has 0 radical (unpaired) electrons. The third-order valence-electron chi connectivity index (χ3n) is 2.90. The molecule has 0 heterocycles. The van der Waals surface area contributed by atoms with Crippen molar-refractivity contribution in [3.8, 4) is 5.75 Å². The summed E-state index contributed by atoms with van der Waals surface area (Å²) in [6, 6.07) is 9.05. The Labute approximate surface area is 139 Å². The van der Waals surface area contributed by atoms with E-state index in [4.69, 9.17) is 0 Å². The van der Waals surface area contributed by atoms with Crippen LogP contribution in [0.25, 0.3) is 0 Å².